The molecule has 0 saturated heterocycles. The summed E-state index contributed by atoms with van der Waals surface area (Å²) in [6.45, 7) is 3.84. The molecule has 21 heavy (non-hydrogen) atoms. The predicted molar refractivity (Wildman–Crippen MR) is 83.9 cm³/mol. The molecular formula is C17H27NO3. The fourth-order valence-electron chi connectivity index (χ4n) is 2.74. The molecule has 1 aliphatic rings. The molecule has 0 aromatic heterocycles. The summed E-state index contributed by atoms with van der Waals surface area (Å²) >= 11 is 0. The number of hydrogen-bond acceptors (Lipinski definition) is 4. The van der Waals surface area contributed by atoms with E-state index in [0.717, 1.165) is 50.3 Å². The number of methoxy groups -OCH3 is 1. The lowest BCUT2D eigenvalue weighted by atomic mass is 10.1. The molecule has 2 atom stereocenters. The molecule has 0 aliphatic heterocycles. The van der Waals surface area contributed by atoms with E-state index in [1.807, 2.05) is 18.2 Å². The Hall–Kier alpha value is -1.26. The van der Waals surface area contributed by atoms with Gasteiger partial charge in [-0.1, -0.05) is 25.8 Å². The van der Waals surface area contributed by atoms with Gasteiger partial charge in [-0.2, -0.15) is 0 Å². The number of nitrogens with one attached hydrogen (secondary N) is 1. The summed E-state index contributed by atoms with van der Waals surface area (Å²) in [6, 6.07) is 5.99. The number of aliphatic hydroxyl groups is 1. The molecule has 1 fully saturated rings. The van der Waals surface area contributed by atoms with Gasteiger partial charge >= 0.3 is 0 Å². The lowest BCUT2D eigenvalue weighted by Gasteiger charge is -2.23. The molecule has 118 valence electrons. The molecule has 0 amide bonds. The van der Waals surface area contributed by atoms with E-state index in [1.165, 1.54) is 12.0 Å². The maximum Gasteiger partial charge on any atom is 0.161 e. The SMILES string of the molecule is CCNCc1ccc(OC2CCCCCC2O)c(OC)c1. The first-order valence-electron chi connectivity index (χ1n) is 7.97. The van der Waals surface area contributed by atoms with Crippen LogP contribution in [-0.2, 0) is 6.54 Å². The number of rotatable bonds is 6. The quantitative estimate of drug-likeness (QED) is 0.792. The Morgan fingerprint density at radius 2 is 2.00 bits per heavy atom. The van der Waals surface area contributed by atoms with Crippen molar-refractivity contribution in [2.75, 3.05) is 13.7 Å². The molecule has 4 nitrogen and oxygen atoms in total. The van der Waals surface area contributed by atoms with Crippen molar-refractivity contribution in [2.24, 2.45) is 0 Å². The molecule has 2 rings (SSSR count). The van der Waals surface area contributed by atoms with Crippen LogP contribution in [0.15, 0.2) is 18.2 Å². The molecule has 1 aromatic carbocycles. The second kappa shape index (κ2) is 8.25. The van der Waals surface area contributed by atoms with Gasteiger partial charge in [-0.3, -0.25) is 0 Å². The zero-order valence-corrected chi connectivity index (χ0v) is 13.1. The molecule has 2 N–H and O–H groups in total. The van der Waals surface area contributed by atoms with Crippen molar-refractivity contribution < 1.29 is 14.6 Å². The second-order valence-electron chi connectivity index (χ2n) is 5.63. The minimum absolute atomic E-state index is 0.124. The fourth-order valence-corrected chi connectivity index (χ4v) is 2.74. The van der Waals surface area contributed by atoms with Gasteiger partial charge in [0.15, 0.2) is 11.5 Å². The Kier molecular flexibility index (Phi) is 6.33. The lowest BCUT2D eigenvalue weighted by Crippen LogP contribution is -2.30. The van der Waals surface area contributed by atoms with Crippen LogP contribution in [0.25, 0.3) is 0 Å². The molecule has 1 saturated carbocycles. The van der Waals surface area contributed by atoms with Crippen LogP contribution in [0.3, 0.4) is 0 Å². The number of hydrogen-bond donors (Lipinski definition) is 2. The summed E-state index contributed by atoms with van der Waals surface area (Å²) in [5, 5.41) is 13.5. The van der Waals surface area contributed by atoms with Crippen LogP contribution < -0.4 is 14.8 Å². The summed E-state index contributed by atoms with van der Waals surface area (Å²) in [5.74, 6) is 1.46. The highest BCUT2D eigenvalue weighted by atomic mass is 16.5. The molecule has 1 aromatic rings. The Morgan fingerprint density at radius 1 is 1.19 bits per heavy atom. The Bertz CT molecular complexity index is 436. The first kappa shape index (κ1) is 16.1. The van der Waals surface area contributed by atoms with Crippen molar-refractivity contribution in [3.8, 4) is 11.5 Å². The molecular weight excluding hydrogens is 266 g/mol. The summed E-state index contributed by atoms with van der Waals surface area (Å²) in [6.07, 6.45) is 4.60. The highest BCUT2D eigenvalue weighted by Crippen LogP contribution is 2.31. The minimum Gasteiger partial charge on any atom is -0.493 e. The number of benzene rings is 1. The Morgan fingerprint density at radius 3 is 2.76 bits per heavy atom. The average molecular weight is 293 g/mol. The minimum atomic E-state index is -0.376. The third kappa shape index (κ3) is 4.61. The van der Waals surface area contributed by atoms with Gasteiger partial charge in [0.2, 0.25) is 0 Å². The molecule has 0 heterocycles. The van der Waals surface area contributed by atoms with Crippen LogP contribution in [-0.4, -0.2) is 31.0 Å². The normalized spacial score (nSPS) is 22.6. The molecule has 2 unspecified atom stereocenters. The standard InChI is InChI=1S/C17H27NO3/c1-3-18-12-13-9-10-16(17(11-13)20-2)21-15-8-6-4-5-7-14(15)19/h9-11,14-15,18-19H,3-8,12H2,1-2H3. The molecule has 0 spiro atoms. The predicted octanol–water partition coefficient (Wildman–Crippen LogP) is 2.88. The van der Waals surface area contributed by atoms with E-state index in [1.54, 1.807) is 7.11 Å². The monoisotopic (exact) mass is 293 g/mol. The molecule has 0 bridgehead atoms. The van der Waals surface area contributed by atoms with Crippen molar-refractivity contribution in [1.29, 1.82) is 0 Å². The van der Waals surface area contributed by atoms with Crippen molar-refractivity contribution in [3.63, 3.8) is 0 Å². The van der Waals surface area contributed by atoms with E-state index < -0.39 is 0 Å². The van der Waals surface area contributed by atoms with Gasteiger partial charge in [-0.15, -0.1) is 0 Å². The van der Waals surface area contributed by atoms with Crippen molar-refractivity contribution in [2.45, 2.75) is 57.8 Å². The van der Waals surface area contributed by atoms with E-state index in [9.17, 15) is 5.11 Å². The van der Waals surface area contributed by atoms with Crippen LogP contribution in [0, 0.1) is 0 Å². The number of aliphatic hydroxyl groups excluding tert-OH is 1. The van der Waals surface area contributed by atoms with Gasteiger partial charge in [-0.05, 0) is 43.5 Å². The lowest BCUT2D eigenvalue weighted by molar-refractivity contribution is 0.0305. The zero-order valence-electron chi connectivity index (χ0n) is 13.1. The summed E-state index contributed by atoms with van der Waals surface area (Å²) < 4.78 is 11.5. The average Bonchev–Trinajstić information content (AvgIpc) is 2.71. The first-order chi connectivity index (χ1) is 10.2. The number of ether oxygens (including phenoxy) is 2. The first-order valence-corrected chi connectivity index (χ1v) is 7.97. The summed E-state index contributed by atoms with van der Waals surface area (Å²) in [7, 11) is 1.66. The van der Waals surface area contributed by atoms with Gasteiger partial charge < -0.3 is 19.9 Å². The van der Waals surface area contributed by atoms with Gasteiger partial charge in [0.25, 0.3) is 0 Å². The van der Waals surface area contributed by atoms with Crippen LogP contribution in [0.5, 0.6) is 11.5 Å². The third-order valence-electron chi connectivity index (χ3n) is 4.00. The van der Waals surface area contributed by atoms with Gasteiger partial charge in [-0.25, -0.2) is 0 Å². The fraction of sp³-hybridized carbons (Fsp3) is 0.647. The van der Waals surface area contributed by atoms with Crippen LogP contribution in [0.4, 0.5) is 0 Å². The van der Waals surface area contributed by atoms with E-state index in [-0.39, 0.29) is 12.2 Å². The van der Waals surface area contributed by atoms with Gasteiger partial charge in [0.05, 0.1) is 13.2 Å². The van der Waals surface area contributed by atoms with Crippen LogP contribution >= 0.6 is 0 Å². The van der Waals surface area contributed by atoms with E-state index >= 15 is 0 Å². The van der Waals surface area contributed by atoms with E-state index in [2.05, 4.69) is 12.2 Å². The van der Waals surface area contributed by atoms with Gasteiger partial charge in [0.1, 0.15) is 6.10 Å². The topological polar surface area (TPSA) is 50.7 Å². The Labute approximate surface area is 127 Å². The van der Waals surface area contributed by atoms with Crippen molar-refractivity contribution in [3.05, 3.63) is 23.8 Å². The van der Waals surface area contributed by atoms with E-state index in [4.69, 9.17) is 9.47 Å². The van der Waals surface area contributed by atoms with Crippen LogP contribution in [0.2, 0.25) is 0 Å². The molecule has 0 radical (unpaired) electrons. The summed E-state index contributed by atoms with van der Waals surface area (Å²) in [5.41, 5.74) is 1.17. The molecule has 1 aliphatic carbocycles. The smallest absolute Gasteiger partial charge is 0.161 e. The molecule has 4 heteroatoms. The second-order valence-corrected chi connectivity index (χ2v) is 5.63. The van der Waals surface area contributed by atoms with Crippen molar-refractivity contribution >= 4 is 0 Å². The van der Waals surface area contributed by atoms with E-state index in [0.29, 0.717) is 0 Å². The summed E-state index contributed by atoms with van der Waals surface area (Å²) in [4.78, 5) is 0. The highest BCUT2D eigenvalue weighted by Gasteiger charge is 2.24. The maximum absolute atomic E-state index is 10.2. The van der Waals surface area contributed by atoms with Crippen LogP contribution in [0.1, 0.15) is 44.6 Å². The maximum atomic E-state index is 10.2. The Balaban J connectivity index is 2.07. The van der Waals surface area contributed by atoms with Gasteiger partial charge in [0, 0.05) is 6.54 Å². The zero-order chi connectivity index (χ0) is 15.1. The highest BCUT2D eigenvalue weighted by molar-refractivity contribution is 5.43. The van der Waals surface area contributed by atoms with Crippen molar-refractivity contribution in [1.82, 2.24) is 5.32 Å². The largest absolute Gasteiger partial charge is 0.493 e. The third-order valence-corrected chi connectivity index (χ3v) is 4.00.